The first-order valence-corrected chi connectivity index (χ1v) is 8.25. The molecule has 3 aromatic heterocycles. The number of aromatic nitrogens is 4. The predicted molar refractivity (Wildman–Crippen MR) is 91.3 cm³/mol. The number of likely N-dealkylation sites (tertiary alicyclic amines) is 1. The third kappa shape index (κ3) is 2.28. The Morgan fingerprint density at radius 1 is 1.46 bits per heavy atom. The highest BCUT2D eigenvalue weighted by molar-refractivity contribution is 5.89. The van der Waals surface area contributed by atoms with Gasteiger partial charge in [0.25, 0.3) is 0 Å². The van der Waals surface area contributed by atoms with Gasteiger partial charge in [-0.2, -0.15) is 0 Å². The zero-order valence-electron chi connectivity index (χ0n) is 13.6. The second kappa shape index (κ2) is 5.74. The minimum Gasteiger partial charge on any atom is -0.345 e. The lowest BCUT2D eigenvalue weighted by molar-refractivity contribution is -0.131. The molecule has 0 aromatic carbocycles. The number of imidazole rings is 1. The maximum absolute atomic E-state index is 12.2. The van der Waals surface area contributed by atoms with Crippen LogP contribution in [0.15, 0.2) is 24.7 Å². The van der Waals surface area contributed by atoms with Crippen LogP contribution in [0.2, 0.25) is 0 Å². The van der Waals surface area contributed by atoms with Gasteiger partial charge in [-0.1, -0.05) is 6.92 Å². The molecule has 0 bridgehead atoms. The fraction of sp³-hybridized carbons (Fsp3) is 0.412. The standard InChI is InChI=1S/C17H20N6O/c1-11-4-7-22(15(24)2-5-18)10-13(11)17-21-9-12-8-20-16-14(23(12)17)3-6-19-16/h3,5-6,8-9,11,13,18-19H,2,4,7,10H2,1H3/t11-,13+/m1/s1. The van der Waals surface area contributed by atoms with E-state index in [0.717, 1.165) is 35.5 Å². The van der Waals surface area contributed by atoms with Crippen molar-refractivity contribution < 1.29 is 4.79 Å². The van der Waals surface area contributed by atoms with Gasteiger partial charge >= 0.3 is 0 Å². The second-order valence-corrected chi connectivity index (χ2v) is 6.47. The number of aromatic amines is 1. The van der Waals surface area contributed by atoms with Crippen molar-refractivity contribution >= 4 is 28.8 Å². The number of carbonyl (C=O) groups is 1. The molecule has 0 unspecified atom stereocenters. The second-order valence-electron chi connectivity index (χ2n) is 6.47. The van der Waals surface area contributed by atoms with Gasteiger partial charge in [-0.15, -0.1) is 0 Å². The molecule has 1 saturated heterocycles. The van der Waals surface area contributed by atoms with E-state index in [-0.39, 0.29) is 18.2 Å². The van der Waals surface area contributed by atoms with Crippen molar-refractivity contribution in [2.24, 2.45) is 5.92 Å². The molecule has 0 saturated carbocycles. The molecule has 0 aliphatic carbocycles. The van der Waals surface area contributed by atoms with Gasteiger partial charge in [0, 0.05) is 31.4 Å². The summed E-state index contributed by atoms with van der Waals surface area (Å²) in [6, 6.07) is 2.01. The summed E-state index contributed by atoms with van der Waals surface area (Å²) in [5.74, 6) is 1.63. The van der Waals surface area contributed by atoms with Crippen molar-refractivity contribution in [2.75, 3.05) is 13.1 Å². The number of nitrogens with zero attached hydrogens (tertiary/aromatic N) is 4. The zero-order chi connectivity index (χ0) is 16.7. The number of nitrogens with one attached hydrogen (secondary N) is 2. The first-order chi connectivity index (χ1) is 11.7. The molecule has 7 nitrogen and oxygen atoms in total. The Labute approximate surface area is 139 Å². The van der Waals surface area contributed by atoms with Crippen molar-refractivity contribution in [3.8, 4) is 0 Å². The van der Waals surface area contributed by atoms with Gasteiger partial charge in [-0.05, 0) is 18.4 Å². The van der Waals surface area contributed by atoms with Crippen molar-refractivity contribution in [1.82, 2.24) is 24.3 Å². The van der Waals surface area contributed by atoms with Crippen LogP contribution in [0.25, 0.3) is 16.7 Å². The molecule has 0 spiro atoms. The summed E-state index contributed by atoms with van der Waals surface area (Å²) in [7, 11) is 0. The molecular weight excluding hydrogens is 304 g/mol. The average molecular weight is 324 g/mol. The number of amides is 1. The van der Waals surface area contributed by atoms with E-state index < -0.39 is 0 Å². The highest BCUT2D eigenvalue weighted by atomic mass is 16.2. The van der Waals surface area contributed by atoms with E-state index >= 15 is 0 Å². The van der Waals surface area contributed by atoms with Gasteiger partial charge in [0.05, 0.1) is 29.8 Å². The van der Waals surface area contributed by atoms with Crippen LogP contribution in [0.4, 0.5) is 0 Å². The molecular formula is C17H20N6O. The Morgan fingerprint density at radius 3 is 3.12 bits per heavy atom. The maximum atomic E-state index is 12.2. The van der Waals surface area contributed by atoms with E-state index in [0.29, 0.717) is 12.5 Å². The summed E-state index contributed by atoms with van der Waals surface area (Å²) < 4.78 is 2.14. The fourth-order valence-corrected chi connectivity index (χ4v) is 3.61. The van der Waals surface area contributed by atoms with Gasteiger partial charge in [-0.25, -0.2) is 9.97 Å². The summed E-state index contributed by atoms with van der Waals surface area (Å²) in [4.78, 5) is 26.3. The van der Waals surface area contributed by atoms with E-state index in [1.807, 2.05) is 29.6 Å². The molecule has 1 aliphatic heterocycles. The van der Waals surface area contributed by atoms with Crippen LogP contribution in [0.1, 0.15) is 31.5 Å². The minimum atomic E-state index is 0.0243. The third-order valence-corrected chi connectivity index (χ3v) is 5.01. The van der Waals surface area contributed by atoms with Crippen molar-refractivity contribution in [1.29, 1.82) is 5.41 Å². The number of rotatable bonds is 3. The van der Waals surface area contributed by atoms with E-state index in [2.05, 4.69) is 26.3 Å². The number of carbonyl (C=O) groups excluding carboxylic acids is 1. The Hall–Kier alpha value is -2.70. The van der Waals surface area contributed by atoms with Gasteiger partial charge in [-0.3, -0.25) is 9.20 Å². The van der Waals surface area contributed by atoms with Crippen LogP contribution in [0, 0.1) is 11.3 Å². The SMILES string of the molecule is C[C@@H]1CCN(C(=O)CC=N)C[C@@H]1c1ncc2cnc3[nH]ccc3n12. The van der Waals surface area contributed by atoms with Crippen molar-refractivity contribution in [3.63, 3.8) is 0 Å². The first kappa shape index (κ1) is 14.9. The molecule has 4 heterocycles. The summed E-state index contributed by atoms with van der Waals surface area (Å²) >= 11 is 0. The summed E-state index contributed by atoms with van der Waals surface area (Å²) in [6.07, 6.45) is 7.85. The van der Waals surface area contributed by atoms with Crippen LogP contribution >= 0.6 is 0 Å². The predicted octanol–water partition coefficient (Wildman–Crippen LogP) is 2.20. The van der Waals surface area contributed by atoms with E-state index in [1.165, 1.54) is 6.21 Å². The first-order valence-electron chi connectivity index (χ1n) is 8.25. The number of piperidine rings is 1. The van der Waals surface area contributed by atoms with Gasteiger partial charge in [0.2, 0.25) is 5.91 Å². The van der Waals surface area contributed by atoms with Gasteiger partial charge < -0.3 is 15.3 Å². The summed E-state index contributed by atoms with van der Waals surface area (Å²) in [5.41, 5.74) is 2.81. The number of hydrogen-bond donors (Lipinski definition) is 2. The lowest BCUT2D eigenvalue weighted by Crippen LogP contribution is -2.42. The smallest absolute Gasteiger partial charge is 0.227 e. The molecule has 2 atom stereocenters. The average Bonchev–Trinajstić information content (AvgIpc) is 3.21. The molecule has 7 heteroatoms. The topological polar surface area (TPSA) is 90.1 Å². The Morgan fingerprint density at radius 2 is 2.29 bits per heavy atom. The monoisotopic (exact) mass is 324 g/mol. The molecule has 1 fully saturated rings. The van der Waals surface area contributed by atoms with Crippen LogP contribution < -0.4 is 0 Å². The normalized spacial score (nSPS) is 21.5. The molecule has 2 N–H and O–H groups in total. The summed E-state index contributed by atoms with van der Waals surface area (Å²) in [5, 5.41) is 7.16. The molecule has 24 heavy (non-hydrogen) atoms. The van der Waals surface area contributed by atoms with Crippen LogP contribution in [0.3, 0.4) is 0 Å². The largest absolute Gasteiger partial charge is 0.345 e. The van der Waals surface area contributed by atoms with E-state index in [4.69, 9.17) is 5.41 Å². The van der Waals surface area contributed by atoms with E-state index in [1.54, 1.807) is 0 Å². The quantitative estimate of drug-likeness (QED) is 0.724. The van der Waals surface area contributed by atoms with Crippen LogP contribution in [0.5, 0.6) is 0 Å². The van der Waals surface area contributed by atoms with E-state index in [9.17, 15) is 4.79 Å². The molecule has 4 rings (SSSR count). The third-order valence-electron chi connectivity index (χ3n) is 5.01. The lowest BCUT2D eigenvalue weighted by Gasteiger charge is -2.36. The Balaban J connectivity index is 1.76. The highest BCUT2D eigenvalue weighted by Crippen LogP contribution is 2.33. The highest BCUT2D eigenvalue weighted by Gasteiger charge is 2.32. The zero-order valence-corrected chi connectivity index (χ0v) is 13.6. The number of hydrogen-bond acceptors (Lipinski definition) is 4. The van der Waals surface area contributed by atoms with Gasteiger partial charge in [0.1, 0.15) is 5.82 Å². The van der Waals surface area contributed by atoms with Crippen LogP contribution in [-0.2, 0) is 4.79 Å². The van der Waals surface area contributed by atoms with Gasteiger partial charge in [0.15, 0.2) is 5.65 Å². The Kier molecular flexibility index (Phi) is 3.55. The number of H-pyrrole nitrogens is 1. The summed E-state index contributed by atoms with van der Waals surface area (Å²) in [6.45, 7) is 3.63. The lowest BCUT2D eigenvalue weighted by atomic mass is 9.86. The Bertz CT molecular complexity index is 910. The molecule has 3 aromatic rings. The number of fused-ring (bicyclic) bond motifs is 3. The molecule has 124 valence electrons. The molecule has 1 aliphatic rings. The maximum Gasteiger partial charge on any atom is 0.227 e. The van der Waals surface area contributed by atoms with Crippen molar-refractivity contribution in [3.05, 3.63) is 30.5 Å². The van der Waals surface area contributed by atoms with Crippen molar-refractivity contribution in [2.45, 2.75) is 25.7 Å². The van der Waals surface area contributed by atoms with Crippen LogP contribution in [-0.4, -0.2) is 49.5 Å². The minimum absolute atomic E-state index is 0.0243. The molecule has 0 radical (unpaired) electrons. The molecule has 1 amide bonds. The fourth-order valence-electron chi connectivity index (χ4n) is 3.61.